The first-order chi connectivity index (χ1) is 13.7. The highest BCUT2D eigenvalue weighted by Crippen LogP contribution is 2.34. The molecule has 0 bridgehead atoms. The summed E-state index contributed by atoms with van der Waals surface area (Å²) in [5.74, 6) is 0.686. The van der Waals surface area contributed by atoms with Crippen molar-refractivity contribution in [2.45, 2.75) is 32.2 Å². The van der Waals surface area contributed by atoms with E-state index >= 15 is 0 Å². The van der Waals surface area contributed by atoms with Crippen molar-refractivity contribution in [3.63, 3.8) is 0 Å². The van der Waals surface area contributed by atoms with Gasteiger partial charge in [0.05, 0.1) is 5.56 Å². The minimum atomic E-state index is -0.500. The molecular formula is C23H23N3O2. The van der Waals surface area contributed by atoms with Gasteiger partial charge >= 0.3 is 0 Å². The number of amides is 1. The van der Waals surface area contributed by atoms with Crippen molar-refractivity contribution in [3.8, 4) is 11.6 Å². The lowest BCUT2D eigenvalue weighted by Crippen LogP contribution is -2.11. The molecule has 0 spiro atoms. The van der Waals surface area contributed by atoms with Crippen LogP contribution in [0.15, 0.2) is 60.8 Å². The molecule has 1 heterocycles. The van der Waals surface area contributed by atoms with E-state index in [1.165, 1.54) is 35.7 Å². The second-order valence-electron chi connectivity index (χ2n) is 7.01. The van der Waals surface area contributed by atoms with E-state index in [-0.39, 0.29) is 0 Å². The number of ether oxygens (including phenoxy) is 1. The predicted octanol–water partition coefficient (Wildman–Crippen LogP) is 4.46. The topological polar surface area (TPSA) is 77.2 Å². The molecule has 142 valence electrons. The number of hydrogen-bond acceptors (Lipinski definition) is 4. The zero-order valence-corrected chi connectivity index (χ0v) is 15.7. The first-order valence-corrected chi connectivity index (χ1v) is 9.56. The van der Waals surface area contributed by atoms with Crippen molar-refractivity contribution in [2.24, 2.45) is 5.73 Å². The highest BCUT2D eigenvalue weighted by molar-refractivity contribution is 5.92. The molecule has 28 heavy (non-hydrogen) atoms. The summed E-state index contributed by atoms with van der Waals surface area (Å²) in [5.41, 5.74) is 10.7. The molecule has 0 saturated heterocycles. The summed E-state index contributed by atoms with van der Waals surface area (Å²) in [6.07, 6.45) is 5.98. The molecule has 3 N–H and O–H groups in total. The molecule has 1 amide bonds. The van der Waals surface area contributed by atoms with Gasteiger partial charge in [0, 0.05) is 30.6 Å². The molecule has 1 aromatic heterocycles. The number of benzene rings is 2. The van der Waals surface area contributed by atoms with Gasteiger partial charge in [-0.1, -0.05) is 30.3 Å². The SMILES string of the molecule is NC(=O)c1ccc(Oc2cc3c(c(NCc4ccccc4)c2)CCCC3)nc1. The third-order valence-electron chi connectivity index (χ3n) is 5.01. The van der Waals surface area contributed by atoms with Crippen LogP contribution >= 0.6 is 0 Å². The van der Waals surface area contributed by atoms with Crippen molar-refractivity contribution in [1.29, 1.82) is 0 Å². The Hall–Kier alpha value is -3.34. The molecule has 0 radical (unpaired) electrons. The number of aryl methyl sites for hydroxylation is 1. The van der Waals surface area contributed by atoms with Gasteiger partial charge in [0.25, 0.3) is 0 Å². The van der Waals surface area contributed by atoms with Gasteiger partial charge < -0.3 is 15.8 Å². The molecule has 0 atom stereocenters. The first-order valence-electron chi connectivity index (χ1n) is 9.56. The lowest BCUT2D eigenvalue weighted by molar-refractivity contribution is 0.1000. The van der Waals surface area contributed by atoms with Crippen LogP contribution in [0.5, 0.6) is 11.6 Å². The van der Waals surface area contributed by atoms with Crippen LogP contribution in [0.3, 0.4) is 0 Å². The van der Waals surface area contributed by atoms with Gasteiger partial charge in [-0.05, 0) is 54.5 Å². The number of primary amides is 1. The average molecular weight is 373 g/mol. The third kappa shape index (κ3) is 4.14. The van der Waals surface area contributed by atoms with Crippen LogP contribution in [0.2, 0.25) is 0 Å². The van der Waals surface area contributed by atoms with E-state index in [0.717, 1.165) is 30.8 Å². The fourth-order valence-corrected chi connectivity index (χ4v) is 3.56. The zero-order valence-electron chi connectivity index (χ0n) is 15.7. The summed E-state index contributed by atoms with van der Waals surface area (Å²) in [7, 11) is 0. The number of carbonyl (C=O) groups excluding carboxylic acids is 1. The van der Waals surface area contributed by atoms with Crippen LogP contribution in [-0.4, -0.2) is 10.9 Å². The fraction of sp³-hybridized carbons (Fsp3) is 0.217. The van der Waals surface area contributed by atoms with Crippen LogP contribution in [-0.2, 0) is 19.4 Å². The Balaban J connectivity index is 1.58. The van der Waals surface area contributed by atoms with Gasteiger partial charge in [-0.2, -0.15) is 0 Å². The number of nitrogens with two attached hydrogens (primary N) is 1. The molecule has 4 rings (SSSR count). The molecule has 5 nitrogen and oxygen atoms in total. The summed E-state index contributed by atoms with van der Waals surface area (Å²) >= 11 is 0. The second-order valence-corrected chi connectivity index (χ2v) is 7.01. The van der Waals surface area contributed by atoms with Crippen molar-refractivity contribution < 1.29 is 9.53 Å². The maximum atomic E-state index is 11.2. The lowest BCUT2D eigenvalue weighted by Gasteiger charge is -2.22. The summed E-state index contributed by atoms with van der Waals surface area (Å²) in [4.78, 5) is 15.4. The van der Waals surface area contributed by atoms with Crippen LogP contribution in [0.25, 0.3) is 0 Å². The van der Waals surface area contributed by atoms with Crippen molar-refractivity contribution >= 4 is 11.6 Å². The Bertz CT molecular complexity index is 969. The Kier molecular flexibility index (Phi) is 5.24. The molecule has 5 heteroatoms. The van der Waals surface area contributed by atoms with Gasteiger partial charge in [0.15, 0.2) is 0 Å². The Morgan fingerprint density at radius 2 is 1.89 bits per heavy atom. The number of pyridine rings is 1. The summed E-state index contributed by atoms with van der Waals surface area (Å²) in [6.45, 7) is 0.766. The minimum absolute atomic E-state index is 0.364. The molecule has 2 aromatic carbocycles. The number of hydrogen-bond donors (Lipinski definition) is 2. The second kappa shape index (κ2) is 8.13. The van der Waals surface area contributed by atoms with Crippen LogP contribution in [0.1, 0.15) is 39.9 Å². The maximum absolute atomic E-state index is 11.2. The summed E-state index contributed by atoms with van der Waals surface area (Å²) in [6, 6.07) is 17.8. The van der Waals surface area contributed by atoms with E-state index in [1.54, 1.807) is 12.1 Å². The zero-order chi connectivity index (χ0) is 19.3. The number of aromatic nitrogens is 1. The lowest BCUT2D eigenvalue weighted by atomic mass is 9.90. The molecule has 0 saturated carbocycles. The monoisotopic (exact) mass is 373 g/mol. The smallest absolute Gasteiger partial charge is 0.250 e. The maximum Gasteiger partial charge on any atom is 0.250 e. The van der Waals surface area contributed by atoms with Gasteiger partial charge in [-0.3, -0.25) is 4.79 Å². The van der Waals surface area contributed by atoms with E-state index in [9.17, 15) is 4.79 Å². The van der Waals surface area contributed by atoms with Crippen molar-refractivity contribution in [3.05, 3.63) is 83.0 Å². The number of carbonyl (C=O) groups is 1. The van der Waals surface area contributed by atoms with E-state index in [2.05, 4.69) is 28.5 Å². The van der Waals surface area contributed by atoms with Crippen LogP contribution in [0, 0.1) is 0 Å². The van der Waals surface area contributed by atoms with Crippen LogP contribution < -0.4 is 15.8 Å². The standard InChI is InChI=1S/C23H23N3O2/c24-23(27)18-10-11-22(26-15-18)28-19-12-17-8-4-5-9-20(17)21(13-19)25-14-16-6-2-1-3-7-16/h1-3,6-7,10-13,15,25H,4-5,8-9,14H2,(H2,24,27). The average Bonchev–Trinajstić information content (AvgIpc) is 2.73. The van der Waals surface area contributed by atoms with E-state index in [0.29, 0.717) is 11.4 Å². The van der Waals surface area contributed by atoms with Gasteiger partial charge in [0.1, 0.15) is 5.75 Å². The largest absolute Gasteiger partial charge is 0.439 e. The number of anilines is 1. The Morgan fingerprint density at radius 1 is 1.07 bits per heavy atom. The summed E-state index contributed by atoms with van der Waals surface area (Å²) < 4.78 is 5.97. The first kappa shape index (κ1) is 18.0. The van der Waals surface area contributed by atoms with Gasteiger partial charge in [-0.15, -0.1) is 0 Å². The van der Waals surface area contributed by atoms with Crippen molar-refractivity contribution in [2.75, 3.05) is 5.32 Å². The molecule has 0 unspecified atom stereocenters. The normalized spacial score (nSPS) is 12.9. The molecule has 1 aliphatic rings. The third-order valence-corrected chi connectivity index (χ3v) is 5.01. The Labute approximate surface area is 164 Å². The molecular weight excluding hydrogens is 350 g/mol. The summed E-state index contributed by atoms with van der Waals surface area (Å²) in [5, 5.41) is 3.58. The number of fused-ring (bicyclic) bond motifs is 1. The van der Waals surface area contributed by atoms with E-state index in [1.807, 2.05) is 24.3 Å². The molecule has 1 aliphatic carbocycles. The predicted molar refractivity (Wildman–Crippen MR) is 110 cm³/mol. The Morgan fingerprint density at radius 3 is 2.64 bits per heavy atom. The van der Waals surface area contributed by atoms with E-state index < -0.39 is 5.91 Å². The number of rotatable bonds is 6. The number of nitrogens with one attached hydrogen (secondary N) is 1. The number of nitrogens with zero attached hydrogens (tertiary/aromatic N) is 1. The van der Waals surface area contributed by atoms with Crippen molar-refractivity contribution in [1.82, 2.24) is 4.98 Å². The molecule has 0 aliphatic heterocycles. The molecule has 0 fully saturated rings. The quantitative estimate of drug-likeness (QED) is 0.669. The minimum Gasteiger partial charge on any atom is -0.439 e. The highest BCUT2D eigenvalue weighted by atomic mass is 16.5. The highest BCUT2D eigenvalue weighted by Gasteiger charge is 2.16. The fourth-order valence-electron chi connectivity index (χ4n) is 3.56. The van der Waals surface area contributed by atoms with Crippen LogP contribution in [0.4, 0.5) is 5.69 Å². The van der Waals surface area contributed by atoms with Gasteiger partial charge in [0.2, 0.25) is 11.8 Å². The van der Waals surface area contributed by atoms with E-state index in [4.69, 9.17) is 10.5 Å². The molecule has 3 aromatic rings. The van der Waals surface area contributed by atoms with Gasteiger partial charge in [-0.25, -0.2) is 4.98 Å².